The highest BCUT2D eigenvalue weighted by Crippen LogP contribution is 2.55. The third-order valence-corrected chi connectivity index (χ3v) is 8.62. The van der Waals surface area contributed by atoms with Crippen LogP contribution >= 0.6 is 0 Å². The second kappa shape index (κ2) is 13.1. The predicted molar refractivity (Wildman–Crippen MR) is 154 cm³/mol. The number of rotatable bonds is 13. The molecular formula is C31H41N3O8. The van der Waals surface area contributed by atoms with E-state index < -0.39 is 17.9 Å². The van der Waals surface area contributed by atoms with E-state index in [0.717, 1.165) is 49.4 Å². The van der Waals surface area contributed by atoms with Gasteiger partial charge in [-0.2, -0.15) is 0 Å². The first-order valence-corrected chi connectivity index (χ1v) is 14.7. The Bertz CT molecular complexity index is 1270. The Hall–Kier alpha value is -3.70. The molecule has 11 heteroatoms. The van der Waals surface area contributed by atoms with Crippen molar-refractivity contribution in [3.63, 3.8) is 0 Å². The first-order valence-electron chi connectivity index (χ1n) is 14.7. The van der Waals surface area contributed by atoms with Crippen LogP contribution in [0.4, 0.5) is 0 Å². The number of likely N-dealkylation sites (N-methyl/N-ethyl adjacent to an activating group) is 1. The summed E-state index contributed by atoms with van der Waals surface area (Å²) in [6.07, 6.45) is 1.06. The molecule has 4 unspecified atom stereocenters. The van der Waals surface area contributed by atoms with Gasteiger partial charge in [-0.05, 0) is 67.0 Å². The Balaban J connectivity index is 1.41. The molecule has 1 amide bonds. The summed E-state index contributed by atoms with van der Waals surface area (Å²) in [6, 6.07) is 6.76. The van der Waals surface area contributed by atoms with Gasteiger partial charge >= 0.3 is 5.97 Å². The van der Waals surface area contributed by atoms with Crippen molar-refractivity contribution in [3.05, 3.63) is 41.0 Å². The van der Waals surface area contributed by atoms with Gasteiger partial charge in [-0.25, -0.2) is 0 Å². The molecule has 0 bridgehead atoms. The number of nitrogens with one attached hydrogen (secondary N) is 2. The fourth-order valence-electron chi connectivity index (χ4n) is 6.36. The van der Waals surface area contributed by atoms with Gasteiger partial charge in [-0.3, -0.25) is 9.59 Å². The van der Waals surface area contributed by atoms with E-state index in [9.17, 15) is 14.7 Å². The third kappa shape index (κ3) is 5.80. The molecule has 3 N–H and O–H groups in total. The molecule has 2 heterocycles. The highest BCUT2D eigenvalue weighted by molar-refractivity contribution is 5.81. The standard InChI is InChI=1S/C31H41N3O8/c1-5-34(6-2)11-10-32-9-7-8-26(35)33-29-20-15-23-22(41-17-42-23)14-19(20)27(28-21(29)16-40-31(28)37)18-12-24(38-3)30(36)25(13-18)39-4/h12-15,21,27-29,32,36H,5-11,16-17H2,1-4H3,(H,33,35). The lowest BCUT2D eigenvalue weighted by atomic mass is 9.65. The number of amides is 1. The average molecular weight is 584 g/mol. The van der Waals surface area contributed by atoms with Crippen LogP contribution in [0.15, 0.2) is 24.3 Å². The van der Waals surface area contributed by atoms with Crippen molar-refractivity contribution in [2.24, 2.45) is 11.8 Å². The zero-order valence-electron chi connectivity index (χ0n) is 24.7. The molecule has 1 fully saturated rings. The van der Waals surface area contributed by atoms with Crippen LogP contribution in [0.2, 0.25) is 0 Å². The Morgan fingerprint density at radius 3 is 2.31 bits per heavy atom. The maximum absolute atomic E-state index is 13.3. The number of methoxy groups -OCH3 is 2. The lowest BCUT2D eigenvalue weighted by Gasteiger charge is -2.39. The van der Waals surface area contributed by atoms with Crippen LogP contribution in [0.1, 0.15) is 55.3 Å². The number of phenols is 1. The van der Waals surface area contributed by atoms with Gasteiger partial charge in [0.05, 0.1) is 32.8 Å². The molecule has 42 heavy (non-hydrogen) atoms. The Labute approximate surface area is 246 Å². The number of aromatic hydroxyl groups is 1. The molecule has 2 aliphatic heterocycles. The fraction of sp³-hybridized carbons (Fsp3) is 0.548. The number of benzene rings is 2. The number of hydrogen-bond donors (Lipinski definition) is 3. The quantitative estimate of drug-likeness (QED) is 0.239. The van der Waals surface area contributed by atoms with Crippen molar-refractivity contribution < 1.29 is 38.4 Å². The molecular weight excluding hydrogens is 542 g/mol. The first-order chi connectivity index (χ1) is 20.4. The fourth-order valence-corrected chi connectivity index (χ4v) is 6.36. The second-order valence-electron chi connectivity index (χ2n) is 10.8. The summed E-state index contributed by atoms with van der Waals surface area (Å²) in [7, 11) is 2.92. The molecule has 2 aromatic rings. The Morgan fingerprint density at radius 2 is 1.67 bits per heavy atom. The van der Waals surface area contributed by atoms with E-state index in [2.05, 4.69) is 29.4 Å². The van der Waals surface area contributed by atoms with Crippen molar-refractivity contribution in [3.8, 4) is 28.7 Å². The van der Waals surface area contributed by atoms with E-state index >= 15 is 0 Å². The van der Waals surface area contributed by atoms with E-state index in [1.54, 1.807) is 12.1 Å². The molecule has 2 aromatic carbocycles. The van der Waals surface area contributed by atoms with Crippen molar-refractivity contribution in [1.29, 1.82) is 0 Å². The monoisotopic (exact) mass is 583 g/mol. The largest absolute Gasteiger partial charge is 0.502 e. The lowest BCUT2D eigenvalue weighted by Crippen LogP contribution is -2.43. The number of esters is 1. The first kappa shape index (κ1) is 29.8. The second-order valence-corrected chi connectivity index (χ2v) is 10.8. The molecule has 1 saturated heterocycles. The van der Waals surface area contributed by atoms with E-state index in [1.807, 2.05) is 12.1 Å². The van der Waals surface area contributed by atoms with Crippen molar-refractivity contribution in [1.82, 2.24) is 15.5 Å². The molecule has 5 rings (SSSR count). The summed E-state index contributed by atoms with van der Waals surface area (Å²) < 4.78 is 27.9. The summed E-state index contributed by atoms with van der Waals surface area (Å²) in [5, 5.41) is 17.2. The van der Waals surface area contributed by atoms with Crippen LogP contribution in [-0.2, 0) is 14.3 Å². The summed E-state index contributed by atoms with van der Waals surface area (Å²) >= 11 is 0. The lowest BCUT2D eigenvalue weighted by molar-refractivity contribution is -0.141. The molecule has 0 spiro atoms. The van der Waals surface area contributed by atoms with Gasteiger partial charge in [0, 0.05) is 31.3 Å². The van der Waals surface area contributed by atoms with E-state index in [-0.39, 0.29) is 48.4 Å². The SMILES string of the molecule is CCN(CC)CCNCCCC(=O)NC1c2cc3c(cc2C(c2cc(OC)c(O)c(OC)c2)C2C(=O)OCC12)OCO3. The van der Waals surface area contributed by atoms with Crippen LogP contribution < -0.4 is 29.6 Å². The van der Waals surface area contributed by atoms with Gasteiger partial charge in [0.1, 0.15) is 0 Å². The van der Waals surface area contributed by atoms with Crippen molar-refractivity contribution in [2.45, 2.75) is 38.6 Å². The molecule has 3 aliphatic rings. The van der Waals surface area contributed by atoms with Gasteiger partial charge in [0.15, 0.2) is 23.0 Å². The Morgan fingerprint density at radius 1 is 1.00 bits per heavy atom. The number of hydrogen-bond acceptors (Lipinski definition) is 10. The van der Waals surface area contributed by atoms with Gasteiger partial charge in [0.25, 0.3) is 0 Å². The number of ether oxygens (including phenoxy) is 5. The minimum Gasteiger partial charge on any atom is -0.502 e. The minimum absolute atomic E-state index is 0.0846. The zero-order valence-corrected chi connectivity index (χ0v) is 24.7. The van der Waals surface area contributed by atoms with E-state index in [0.29, 0.717) is 24.3 Å². The maximum atomic E-state index is 13.3. The number of nitrogens with zero attached hydrogens (tertiary/aromatic N) is 1. The summed E-state index contributed by atoms with van der Waals surface area (Å²) in [5.74, 6) is -0.261. The normalized spacial score (nSPS) is 22.0. The van der Waals surface area contributed by atoms with Gasteiger partial charge in [-0.15, -0.1) is 0 Å². The summed E-state index contributed by atoms with van der Waals surface area (Å²) in [5.41, 5.74) is 2.38. The molecule has 11 nitrogen and oxygen atoms in total. The van der Waals surface area contributed by atoms with Gasteiger partial charge in [0.2, 0.25) is 18.4 Å². The highest BCUT2D eigenvalue weighted by atomic mass is 16.7. The topological polar surface area (TPSA) is 128 Å². The molecule has 0 aromatic heterocycles. The van der Waals surface area contributed by atoms with Crippen LogP contribution in [0.5, 0.6) is 28.7 Å². The average Bonchev–Trinajstić information content (AvgIpc) is 3.62. The van der Waals surface area contributed by atoms with Crippen LogP contribution in [0, 0.1) is 11.8 Å². The van der Waals surface area contributed by atoms with E-state index in [1.165, 1.54) is 14.2 Å². The minimum atomic E-state index is -0.580. The van der Waals surface area contributed by atoms with Crippen LogP contribution in [0.3, 0.4) is 0 Å². The van der Waals surface area contributed by atoms with Crippen LogP contribution in [0.25, 0.3) is 0 Å². The number of carbonyl (C=O) groups is 2. The highest BCUT2D eigenvalue weighted by Gasteiger charge is 2.53. The number of cyclic esters (lactones) is 1. The summed E-state index contributed by atoms with van der Waals surface area (Å²) in [4.78, 5) is 28.9. The molecule has 4 atom stereocenters. The number of carbonyl (C=O) groups excluding carboxylic acids is 2. The van der Waals surface area contributed by atoms with Crippen molar-refractivity contribution in [2.75, 3.05) is 60.3 Å². The molecule has 228 valence electrons. The Kier molecular flexibility index (Phi) is 9.27. The smallest absolute Gasteiger partial charge is 0.310 e. The maximum Gasteiger partial charge on any atom is 0.310 e. The predicted octanol–water partition coefficient (Wildman–Crippen LogP) is 2.94. The zero-order chi connectivity index (χ0) is 29.8. The van der Waals surface area contributed by atoms with Gasteiger partial charge in [-0.1, -0.05) is 13.8 Å². The molecule has 0 saturated carbocycles. The van der Waals surface area contributed by atoms with Crippen molar-refractivity contribution >= 4 is 11.9 Å². The van der Waals surface area contributed by atoms with Gasteiger partial charge < -0.3 is 44.3 Å². The summed E-state index contributed by atoms with van der Waals surface area (Å²) in [6.45, 7) is 9.22. The number of fused-ring (bicyclic) bond motifs is 3. The molecule has 0 radical (unpaired) electrons. The van der Waals surface area contributed by atoms with Crippen LogP contribution in [-0.4, -0.2) is 82.2 Å². The number of phenolic OH excluding ortho intramolecular Hbond substituents is 1. The van der Waals surface area contributed by atoms with E-state index in [4.69, 9.17) is 23.7 Å². The molecule has 1 aliphatic carbocycles. The third-order valence-electron chi connectivity index (χ3n) is 8.62.